The highest BCUT2D eigenvalue weighted by Gasteiger charge is 2.11. The van der Waals surface area contributed by atoms with Crippen LogP contribution in [-0.4, -0.2) is 16.7 Å². The summed E-state index contributed by atoms with van der Waals surface area (Å²) in [6, 6.07) is 8.31. The number of amides is 1. The highest BCUT2D eigenvalue weighted by atomic mass is 35.5. The Hall–Kier alpha value is -1.85. The zero-order valence-corrected chi connectivity index (χ0v) is 13.3. The van der Waals surface area contributed by atoms with Gasteiger partial charge < -0.3 is 5.11 Å². The van der Waals surface area contributed by atoms with Crippen molar-refractivity contribution >= 4 is 34.6 Å². The molecule has 6 heteroatoms. The second-order valence-corrected chi connectivity index (χ2v) is 6.02. The van der Waals surface area contributed by atoms with Crippen LogP contribution >= 0.6 is 22.9 Å². The molecule has 2 aromatic rings. The van der Waals surface area contributed by atoms with Gasteiger partial charge in [-0.2, -0.15) is 5.10 Å². The van der Waals surface area contributed by atoms with E-state index in [4.69, 9.17) is 11.6 Å². The quantitative estimate of drug-likeness (QED) is 0.664. The average molecular weight is 323 g/mol. The van der Waals surface area contributed by atoms with E-state index in [2.05, 4.69) is 17.5 Å². The summed E-state index contributed by atoms with van der Waals surface area (Å²) in [6.45, 7) is 3.91. The number of phenols is 1. The molecule has 1 aromatic carbocycles. The molecular formula is C15H15ClN2O2S. The van der Waals surface area contributed by atoms with Gasteiger partial charge in [-0.25, -0.2) is 5.43 Å². The Kier molecular flexibility index (Phi) is 4.98. The average Bonchev–Trinajstić information content (AvgIpc) is 2.96. The van der Waals surface area contributed by atoms with Crippen LogP contribution in [0.5, 0.6) is 5.75 Å². The van der Waals surface area contributed by atoms with Crippen molar-refractivity contribution in [2.75, 3.05) is 0 Å². The first-order valence-electron chi connectivity index (χ1n) is 6.43. The molecule has 0 unspecified atom stereocenters. The van der Waals surface area contributed by atoms with E-state index in [1.54, 1.807) is 11.3 Å². The van der Waals surface area contributed by atoms with Gasteiger partial charge in [-0.1, -0.05) is 18.5 Å². The lowest BCUT2D eigenvalue weighted by atomic mass is 10.2. The Bertz CT molecular complexity index is 695. The van der Waals surface area contributed by atoms with Gasteiger partial charge in [0.1, 0.15) is 5.75 Å². The molecule has 110 valence electrons. The number of halogens is 1. The highest BCUT2D eigenvalue weighted by molar-refractivity contribution is 7.14. The molecule has 1 aromatic heterocycles. The molecule has 0 aliphatic carbocycles. The van der Waals surface area contributed by atoms with Crippen LogP contribution in [0.15, 0.2) is 35.4 Å². The second kappa shape index (κ2) is 6.74. The Labute approximate surface area is 132 Å². The summed E-state index contributed by atoms with van der Waals surface area (Å²) in [5.74, 6) is -0.629. The standard InChI is InChI=1S/C15H15ClN2O2S/c1-3-11-5-7-14(21-11)9(2)17-18-15(20)12-8-10(16)4-6-13(12)19/h4-8,19H,3H2,1-2H3,(H,18,20). The van der Waals surface area contributed by atoms with Crippen molar-refractivity contribution in [3.63, 3.8) is 0 Å². The minimum absolute atomic E-state index is 0.0967. The van der Waals surface area contributed by atoms with E-state index in [-0.39, 0.29) is 11.3 Å². The summed E-state index contributed by atoms with van der Waals surface area (Å²) in [7, 11) is 0. The van der Waals surface area contributed by atoms with Gasteiger partial charge in [-0.15, -0.1) is 11.3 Å². The number of aryl methyl sites for hydroxylation is 1. The van der Waals surface area contributed by atoms with Gasteiger partial charge in [0, 0.05) is 9.90 Å². The van der Waals surface area contributed by atoms with Crippen LogP contribution in [-0.2, 0) is 6.42 Å². The molecule has 2 rings (SSSR count). The number of carbonyl (C=O) groups is 1. The second-order valence-electron chi connectivity index (χ2n) is 4.42. The normalized spacial score (nSPS) is 11.5. The minimum atomic E-state index is -0.498. The molecule has 0 fully saturated rings. The number of aromatic hydroxyl groups is 1. The monoisotopic (exact) mass is 322 g/mol. The molecule has 0 bridgehead atoms. The molecule has 21 heavy (non-hydrogen) atoms. The van der Waals surface area contributed by atoms with Crippen LogP contribution < -0.4 is 5.43 Å². The third-order valence-electron chi connectivity index (χ3n) is 2.90. The van der Waals surface area contributed by atoms with Crippen LogP contribution in [0, 0.1) is 0 Å². The van der Waals surface area contributed by atoms with Crippen molar-refractivity contribution < 1.29 is 9.90 Å². The molecule has 0 spiro atoms. The summed E-state index contributed by atoms with van der Waals surface area (Å²) in [6.07, 6.45) is 0.973. The van der Waals surface area contributed by atoms with E-state index in [9.17, 15) is 9.90 Å². The van der Waals surface area contributed by atoms with Crippen LogP contribution in [0.1, 0.15) is 34.0 Å². The fourth-order valence-electron chi connectivity index (χ4n) is 1.70. The van der Waals surface area contributed by atoms with Gasteiger partial charge >= 0.3 is 0 Å². The smallest absolute Gasteiger partial charge is 0.275 e. The predicted molar refractivity (Wildman–Crippen MR) is 86.5 cm³/mol. The first kappa shape index (κ1) is 15.5. The minimum Gasteiger partial charge on any atom is -0.507 e. The molecule has 0 saturated heterocycles. The first-order chi connectivity index (χ1) is 10.0. The summed E-state index contributed by atoms with van der Waals surface area (Å²) in [5.41, 5.74) is 3.24. The van der Waals surface area contributed by atoms with Crippen LogP contribution in [0.25, 0.3) is 0 Å². The van der Waals surface area contributed by atoms with E-state index >= 15 is 0 Å². The van der Waals surface area contributed by atoms with Crippen molar-refractivity contribution in [2.24, 2.45) is 5.10 Å². The number of hydrogen-bond acceptors (Lipinski definition) is 4. The third-order valence-corrected chi connectivity index (χ3v) is 4.47. The maximum absolute atomic E-state index is 12.0. The number of nitrogens with zero attached hydrogens (tertiary/aromatic N) is 1. The molecule has 2 N–H and O–H groups in total. The molecule has 1 heterocycles. The van der Waals surface area contributed by atoms with Crippen LogP contribution in [0.3, 0.4) is 0 Å². The Morgan fingerprint density at radius 3 is 2.81 bits per heavy atom. The van der Waals surface area contributed by atoms with Gasteiger partial charge in [0.05, 0.1) is 16.2 Å². The van der Waals surface area contributed by atoms with Crippen molar-refractivity contribution in [3.05, 3.63) is 50.7 Å². The summed E-state index contributed by atoms with van der Waals surface area (Å²) in [5, 5.41) is 14.1. The Morgan fingerprint density at radius 2 is 2.14 bits per heavy atom. The number of benzene rings is 1. The van der Waals surface area contributed by atoms with E-state index < -0.39 is 5.91 Å². The topological polar surface area (TPSA) is 61.7 Å². The van der Waals surface area contributed by atoms with E-state index in [0.29, 0.717) is 5.02 Å². The van der Waals surface area contributed by atoms with Gasteiger partial charge in [-0.05, 0) is 43.7 Å². The molecule has 0 aliphatic rings. The molecule has 0 atom stereocenters. The molecular weight excluding hydrogens is 308 g/mol. The predicted octanol–water partition coefficient (Wildman–Crippen LogP) is 3.82. The fourth-order valence-corrected chi connectivity index (χ4v) is 2.77. The number of carbonyl (C=O) groups excluding carboxylic acids is 1. The van der Waals surface area contributed by atoms with Crippen LogP contribution in [0.2, 0.25) is 5.02 Å². The van der Waals surface area contributed by atoms with Crippen molar-refractivity contribution in [3.8, 4) is 5.75 Å². The van der Waals surface area contributed by atoms with Crippen LogP contribution in [0.4, 0.5) is 0 Å². The molecule has 0 saturated carbocycles. The zero-order chi connectivity index (χ0) is 15.4. The number of thiophene rings is 1. The fraction of sp³-hybridized carbons (Fsp3) is 0.200. The summed E-state index contributed by atoms with van der Waals surface area (Å²) < 4.78 is 0. The number of hydrogen-bond donors (Lipinski definition) is 2. The van der Waals surface area contributed by atoms with Gasteiger partial charge in [0.15, 0.2) is 0 Å². The van der Waals surface area contributed by atoms with Gasteiger partial charge in [-0.3, -0.25) is 4.79 Å². The molecule has 0 aliphatic heterocycles. The Morgan fingerprint density at radius 1 is 1.38 bits per heavy atom. The first-order valence-corrected chi connectivity index (χ1v) is 7.63. The number of nitrogens with one attached hydrogen (secondary N) is 1. The van der Waals surface area contributed by atoms with Gasteiger partial charge in [0.2, 0.25) is 0 Å². The largest absolute Gasteiger partial charge is 0.507 e. The van der Waals surface area contributed by atoms with E-state index in [0.717, 1.165) is 17.0 Å². The third kappa shape index (κ3) is 3.83. The van der Waals surface area contributed by atoms with Gasteiger partial charge in [0.25, 0.3) is 5.91 Å². The van der Waals surface area contributed by atoms with Crippen molar-refractivity contribution in [1.82, 2.24) is 5.43 Å². The molecule has 1 amide bonds. The zero-order valence-electron chi connectivity index (χ0n) is 11.7. The molecule has 0 radical (unpaired) electrons. The Balaban J connectivity index is 2.12. The lowest BCUT2D eigenvalue weighted by Gasteiger charge is -2.04. The summed E-state index contributed by atoms with van der Waals surface area (Å²) in [4.78, 5) is 14.2. The number of hydrazone groups is 1. The van der Waals surface area contributed by atoms with E-state index in [1.807, 2.05) is 19.1 Å². The lowest BCUT2D eigenvalue weighted by molar-refractivity contribution is 0.0952. The molecule has 4 nitrogen and oxygen atoms in total. The lowest BCUT2D eigenvalue weighted by Crippen LogP contribution is -2.19. The highest BCUT2D eigenvalue weighted by Crippen LogP contribution is 2.21. The van der Waals surface area contributed by atoms with Crippen molar-refractivity contribution in [1.29, 1.82) is 0 Å². The maximum Gasteiger partial charge on any atom is 0.275 e. The maximum atomic E-state index is 12.0. The van der Waals surface area contributed by atoms with Crippen molar-refractivity contribution in [2.45, 2.75) is 20.3 Å². The number of rotatable bonds is 4. The SMILES string of the molecule is CCc1ccc(C(C)=NNC(=O)c2cc(Cl)ccc2O)s1. The summed E-state index contributed by atoms with van der Waals surface area (Å²) >= 11 is 7.45. The van der Waals surface area contributed by atoms with E-state index in [1.165, 1.54) is 23.1 Å². The number of phenolic OH excluding ortho intramolecular Hbond substituents is 1.